The van der Waals surface area contributed by atoms with E-state index in [9.17, 15) is 8.42 Å². The van der Waals surface area contributed by atoms with Crippen molar-refractivity contribution in [2.75, 3.05) is 11.6 Å². The number of sulfone groups is 1. The van der Waals surface area contributed by atoms with E-state index in [1.54, 1.807) is 18.3 Å². The second-order valence-electron chi connectivity index (χ2n) is 5.22. The molecule has 1 fully saturated rings. The smallest absolute Gasteiger partial charge is 0.179 e. The predicted octanol–water partition coefficient (Wildman–Crippen LogP) is 2.48. The Kier molecular flexibility index (Phi) is 3.90. The maximum Gasteiger partial charge on any atom is 0.179 e. The van der Waals surface area contributed by atoms with Crippen molar-refractivity contribution in [1.82, 2.24) is 4.98 Å². The number of hydrogen-bond acceptors (Lipinski definition) is 4. The molecule has 0 bridgehead atoms. The molecule has 0 saturated heterocycles. The van der Waals surface area contributed by atoms with Gasteiger partial charge in [0.2, 0.25) is 0 Å². The molecule has 1 aliphatic carbocycles. The first kappa shape index (κ1) is 13.3. The third-order valence-corrected chi connectivity index (χ3v) is 4.66. The number of rotatable bonds is 3. The summed E-state index contributed by atoms with van der Waals surface area (Å²) in [6, 6.07) is 3.61. The highest BCUT2D eigenvalue weighted by Gasteiger charge is 2.21. The quantitative estimate of drug-likeness (QED) is 0.915. The fourth-order valence-electron chi connectivity index (χ4n) is 2.40. The highest BCUT2D eigenvalue weighted by Crippen LogP contribution is 2.27. The predicted molar refractivity (Wildman–Crippen MR) is 72.4 cm³/mol. The van der Waals surface area contributed by atoms with E-state index in [-0.39, 0.29) is 0 Å². The summed E-state index contributed by atoms with van der Waals surface area (Å²) in [7, 11) is -3.22. The lowest BCUT2D eigenvalue weighted by Crippen LogP contribution is -2.26. The van der Waals surface area contributed by atoms with E-state index >= 15 is 0 Å². The van der Waals surface area contributed by atoms with Crippen LogP contribution < -0.4 is 5.32 Å². The molecule has 0 aliphatic heterocycles. The molecule has 5 heteroatoms. The van der Waals surface area contributed by atoms with Crippen LogP contribution in [0.1, 0.15) is 32.6 Å². The first-order valence-electron chi connectivity index (χ1n) is 6.38. The van der Waals surface area contributed by atoms with Gasteiger partial charge >= 0.3 is 0 Å². The summed E-state index contributed by atoms with van der Waals surface area (Å²) in [6.45, 7) is 2.26. The summed E-state index contributed by atoms with van der Waals surface area (Å²) in [5.74, 6) is 1.28. The van der Waals surface area contributed by atoms with E-state index in [4.69, 9.17) is 0 Å². The number of anilines is 1. The molecular formula is C13H20N2O2S. The van der Waals surface area contributed by atoms with Crippen molar-refractivity contribution >= 4 is 15.7 Å². The standard InChI is InChI=1S/C13H20N2O2S/c1-10-5-7-11(8-6-10)15-13-12(18(2,16)17)4-3-9-14-13/h3-4,9-11H,5-8H2,1-2H3,(H,14,15). The molecule has 100 valence electrons. The number of pyridine rings is 1. The Morgan fingerprint density at radius 1 is 1.28 bits per heavy atom. The van der Waals surface area contributed by atoms with Gasteiger partial charge in [0.1, 0.15) is 10.7 Å². The van der Waals surface area contributed by atoms with Crippen LogP contribution in [0.15, 0.2) is 23.2 Å². The Morgan fingerprint density at radius 2 is 1.94 bits per heavy atom. The molecule has 1 saturated carbocycles. The van der Waals surface area contributed by atoms with Gasteiger partial charge in [0.05, 0.1) is 0 Å². The Balaban J connectivity index is 2.15. The van der Waals surface area contributed by atoms with Gasteiger partial charge in [-0.3, -0.25) is 0 Å². The molecule has 0 aromatic carbocycles. The third kappa shape index (κ3) is 3.22. The zero-order valence-electron chi connectivity index (χ0n) is 10.9. The second kappa shape index (κ2) is 5.26. The molecule has 1 N–H and O–H groups in total. The fraction of sp³-hybridized carbons (Fsp3) is 0.615. The number of aromatic nitrogens is 1. The van der Waals surface area contributed by atoms with Crippen LogP contribution in [0, 0.1) is 5.92 Å². The lowest BCUT2D eigenvalue weighted by molar-refractivity contribution is 0.360. The molecule has 1 aromatic heterocycles. The number of nitrogens with zero attached hydrogens (tertiary/aromatic N) is 1. The van der Waals surface area contributed by atoms with Gasteiger partial charge in [-0.05, 0) is 43.7 Å². The molecule has 1 aliphatic rings. The van der Waals surface area contributed by atoms with E-state index in [1.807, 2.05) is 0 Å². The summed E-state index contributed by atoms with van der Waals surface area (Å²) in [5, 5.41) is 3.29. The van der Waals surface area contributed by atoms with Crippen LogP contribution in [0.25, 0.3) is 0 Å². The largest absolute Gasteiger partial charge is 0.366 e. The van der Waals surface area contributed by atoms with Crippen molar-refractivity contribution < 1.29 is 8.42 Å². The lowest BCUT2D eigenvalue weighted by Gasteiger charge is -2.27. The minimum atomic E-state index is -3.22. The van der Waals surface area contributed by atoms with E-state index in [0.29, 0.717) is 16.8 Å². The van der Waals surface area contributed by atoms with Gasteiger partial charge < -0.3 is 5.32 Å². The Hall–Kier alpha value is -1.10. The minimum Gasteiger partial charge on any atom is -0.366 e. The first-order chi connectivity index (χ1) is 8.47. The Morgan fingerprint density at radius 3 is 2.56 bits per heavy atom. The normalized spacial score (nSPS) is 24.8. The molecule has 2 rings (SSSR count). The molecular weight excluding hydrogens is 248 g/mol. The molecule has 0 spiro atoms. The van der Waals surface area contributed by atoms with Gasteiger partial charge in [-0.2, -0.15) is 0 Å². The van der Waals surface area contributed by atoms with Gasteiger partial charge in [0, 0.05) is 18.5 Å². The summed E-state index contributed by atoms with van der Waals surface area (Å²) in [5.41, 5.74) is 0. The third-order valence-electron chi connectivity index (χ3n) is 3.53. The van der Waals surface area contributed by atoms with E-state index < -0.39 is 9.84 Å². The van der Waals surface area contributed by atoms with Gasteiger partial charge in [-0.25, -0.2) is 13.4 Å². The monoisotopic (exact) mass is 268 g/mol. The average Bonchev–Trinajstić information content (AvgIpc) is 2.31. The van der Waals surface area contributed by atoms with Crippen molar-refractivity contribution in [1.29, 1.82) is 0 Å². The topological polar surface area (TPSA) is 59.1 Å². The van der Waals surface area contributed by atoms with Crippen LogP contribution in [0.3, 0.4) is 0 Å². The van der Waals surface area contributed by atoms with Crippen LogP contribution in [0.5, 0.6) is 0 Å². The first-order valence-corrected chi connectivity index (χ1v) is 8.27. The fourth-order valence-corrected chi connectivity index (χ4v) is 3.18. The molecule has 1 heterocycles. The Bertz CT molecular complexity index is 505. The van der Waals surface area contributed by atoms with Crippen molar-refractivity contribution in [3.05, 3.63) is 18.3 Å². The minimum absolute atomic E-state index is 0.295. The van der Waals surface area contributed by atoms with E-state index in [2.05, 4.69) is 17.2 Å². The molecule has 0 atom stereocenters. The Labute approximate surface area is 109 Å². The molecule has 4 nitrogen and oxygen atoms in total. The number of hydrogen-bond donors (Lipinski definition) is 1. The van der Waals surface area contributed by atoms with Crippen LogP contribution in [-0.2, 0) is 9.84 Å². The lowest BCUT2D eigenvalue weighted by atomic mass is 9.87. The van der Waals surface area contributed by atoms with Crippen LogP contribution >= 0.6 is 0 Å². The van der Waals surface area contributed by atoms with Crippen molar-refractivity contribution in [2.24, 2.45) is 5.92 Å². The zero-order valence-corrected chi connectivity index (χ0v) is 11.7. The SMILES string of the molecule is CC1CCC(Nc2ncccc2S(C)(=O)=O)CC1. The molecule has 1 aromatic rings. The van der Waals surface area contributed by atoms with Gasteiger partial charge in [0.15, 0.2) is 9.84 Å². The van der Waals surface area contributed by atoms with Gasteiger partial charge in [0.25, 0.3) is 0 Å². The second-order valence-corrected chi connectivity index (χ2v) is 7.21. The summed E-state index contributed by atoms with van der Waals surface area (Å²) in [4.78, 5) is 4.46. The van der Waals surface area contributed by atoms with Crippen LogP contribution in [0.4, 0.5) is 5.82 Å². The van der Waals surface area contributed by atoms with Crippen molar-refractivity contribution in [2.45, 2.75) is 43.5 Å². The molecule has 0 amide bonds. The van der Waals surface area contributed by atoms with Gasteiger partial charge in [-0.15, -0.1) is 0 Å². The maximum absolute atomic E-state index is 11.7. The average molecular weight is 268 g/mol. The van der Waals surface area contributed by atoms with Crippen LogP contribution in [0.2, 0.25) is 0 Å². The highest BCUT2D eigenvalue weighted by atomic mass is 32.2. The summed E-state index contributed by atoms with van der Waals surface area (Å²) >= 11 is 0. The summed E-state index contributed by atoms with van der Waals surface area (Å²) in [6.07, 6.45) is 7.40. The van der Waals surface area contributed by atoms with Crippen molar-refractivity contribution in [3.63, 3.8) is 0 Å². The van der Waals surface area contributed by atoms with E-state index in [1.165, 1.54) is 19.1 Å². The molecule has 0 radical (unpaired) electrons. The summed E-state index contributed by atoms with van der Waals surface area (Å²) < 4.78 is 23.3. The number of nitrogens with one attached hydrogen (secondary N) is 1. The molecule has 0 unspecified atom stereocenters. The maximum atomic E-state index is 11.7. The van der Waals surface area contributed by atoms with Gasteiger partial charge in [-0.1, -0.05) is 6.92 Å². The zero-order chi connectivity index (χ0) is 13.2. The van der Waals surface area contributed by atoms with Crippen molar-refractivity contribution in [3.8, 4) is 0 Å². The highest BCUT2D eigenvalue weighted by molar-refractivity contribution is 7.90. The van der Waals surface area contributed by atoms with E-state index in [0.717, 1.165) is 18.8 Å². The van der Waals surface area contributed by atoms with Crippen LogP contribution in [-0.4, -0.2) is 25.7 Å². The molecule has 18 heavy (non-hydrogen) atoms.